The number of nitrogens with zero attached hydrogens (tertiary/aromatic N) is 3. The molecule has 7 rings (SSSR count). The predicted octanol–water partition coefficient (Wildman–Crippen LogP) is 13.8. The van der Waals surface area contributed by atoms with Gasteiger partial charge in [-0.05, 0) is 189 Å². The predicted molar refractivity (Wildman–Crippen MR) is 429 cm³/mol. The molecule has 498 valence electrons. The maximum Gasteiger partial charge on any atom is 0.330 e. The van der Waals surface area contributed by atoms with Crippen LogP contribution in [-0.4, -0.2) is 122 Å². The summed E-state index contributed by atoms with van der Waals surface area (Å²) in [6.45, 7) is 27.7. The summed E-state index contributed by atoms with van der Waals surface area (Å²) in [7, 11) is 20.6. The summed E-state index contributed by atoms with van der Waals surface area (Å²) in [6.07, 6.45) is 11.1. The van der Waals surface area contributed by atoms with Crippen LogP contribution in [-0.2, 0) is 71.2 Å². The summed E-state index contributed by atoms with van der Waals surface area (Å²) in [5, 5.41) is -0.918. The zero-order chi connectivity index (χ0) is 68.5. The highest BCUT2D eigenvalue weighted by molar-refractivity contribution is 14.2. The minimum atomic E-state index is -2.73. The Morgan fingerprint density at radius 2 is 1.14 bits per heavy atom. The van der Waals surface area contributed by atoms with Crippen molar-refractivity contribution in [2.24, 2.45) is 0 Å². The van der Waals surface area contributed by atoms with Crippen LogP contribution in [0.3, 0.4) is 0 Å². The number of aromatic amines is 1. The molecule has 0 aromatic carbocycles. The third kappa shape index (κ3) is 31.5. The number of aryl methyl sites for hydroxylation is 2. The summed E-state index contributed by atoms with van der Waals surface area (Å²) in [5.74, 6) is -10.7. The number of cyclic esters (lactones) is 3. The Hall–Kier alpha value is 2.83. The van der Waals surface area contributed by atoms with Gasteiger partial charge >= 0.3 is 35.6 Å². The van der Waals surface area contributed by atoms with Crippen LogP contribution in [0.2, 0.25) is 39.3 Å². The Bertz CT molecular complexity index is 3150. The van der Waals surface area contributed by atoms with E-state index < -0.39 is 64.0 Å². The number of carbonyl (C=O) groups is 4. The normalized spacial score (nSPS) is 28.3. The third-order valence-electron chi connectivity index (χ3n) is 12.7. The van der Waals surface area contributed by atoms with Crippen molar-refractivity contribution < 1.29 is 56.5 Å². The maximum atomic E-state index is 12.1. The number of aromatic nitrogens is 4. The van der Waals surface area contributed by atoms with E-state index in [2.05, 4.69) is 162 Å². The molecule has 5 fully saturated rings. The summed E-state index contributed by atoms with van der Waals surface area (Å²) < 4.78 is 78.0. The van der Waals surface area contributed by atoms with Gasteiger partial charge in [0.05, 0.1) is 32.5 Å². The molecule has 2 aromatic rings. The lowest BCUT2D eigenvalue weighted by molar-refractivity contribution is -0.172. The highest BCUT2D eigenvalue weighted by Gasteiger charge is 2.42. The van der Waals surface area contributed by atoms with E-state index in [1.165, 1.54) is 17.7 Å². The molecule has 15 atom stereocenters. The van der Waals surface area contributed by atoms with Gasteiger partial charge in [-0.15, -0.1) is 0 Å². The molecule has 2 aromatic heterocycles. The van der Waals surface area contributed by atoms with E-state index in [-0.39, 0.29) is 82.8 Å². The molecule has 85 heavy (non-hydrogen) atoms. The fourth-order valence-electron chi connectivity index (χ4n) is 8.15. The minimum absolute atomic E-state index is 0. The van der Waals surface area contributed by atoms with E-state index in [9.17, 15) is 28.8 Å². The van der Waals surface area contributed by atoms with Crippen LogP contribution in [0.25, 0.3) is 0 Å². The average molecular weight is 1920 g/mol. The van der Waals surface area contributed by atoms with Crippen LogP contribution >= 0.6 is 151 Å². The summed E-state index contributed by atoms with van der Waals surface area (Å²) in [4.78, 5) is 78.7. The maximum absolute atomic E-state index is 12.1. The van der Waals surface area contributed by atoms with Crippen molar-refractivity contribution in [2.75, 3.05) is 0 Å². The van der Waals surface area contributed by atoms with Crippen molar-refractivity contribution in [3.8, 4) is 11.9 Å². The number of H-pyrrole nitrogens is 1. The van der Waals surface area contributed by atoms with Gasteiger partial charge in [-0.2, -0.15) is 28.6 Å². The molecule has 0 saturated carbocycles. The van der Waals surface area contributed by atoms with Gasteiger partial charge in [-0.25, -0.2) is 9.78 Å². The number of carbonyl (C=O) groups excluding carboxylic acids is 4. The lowest BCUT2D eigenvalue weighted by Gasteiger charge is -2.28. The van der Waals surface area contributed by atoms with Crippen molar-refractivity contribution in [1.29, 1.82) is 4.50 Å². The second-order valence-corrected chi connectivity index (χ2v) is 100. The van der Waals surface area contributed by atoms with Crippen molar-refractivity contribution >= 4 is 215 Å². The van der Waals surface area contributed by atoms with Crippen LogP contribution < -0.4 is 20.1 Å². The fourth-order valence-corrected chi connectivity index (χ4v) is 23.6. The smallest absolute Gasteiger partial charge is 0.330 e. The number of rotatable bonds is 15. The highest BCUT2D eigenvalue weighted by atomic mass is 127. The molecule has 18 nitrogen and oxygen atoms in total. The largest absolute Gasteiger partial charge is 0.531 e. The van der Waals surface area contributed by atoms with Gasteiger partial charge in [0.25, 0.3) is 5.56 Å². The van der Waals surface area contributed by atoms with Crippen molar-refractivity contribution in [3.05, 3.63) is 44.4 Å². The molecule has 5 aliphatic heterocycles. The van der Waals surface area contributed by atoms with E-state index >= 15 is 0 Å². The van der Waals surface area contributed by atoms with Crippen LogP contribution in [0.15, 0.2) is 22.0 Å². The minimum Gasteiger partial charge on any atom is -0.531 e. The van der Waals surface area contributed by atoms with Gasteiger partial charge in [0.2, 0.25) is 28.8 Å². The molecule has 5 saturated heterocycles. The van der Waals surface area contributed by atoms with Crippen LogP contribution in [0, 0.1) is 13.8 Å². The Kier molecular flexibility index (Phi) is 35.6. The number of ether oxygens (including phenoxy) is 6. The van der Waals surface area contributed by atoms with Gasteiger partial charge in [0.1, 0.15) is 24.5 Å². The van der Waals surface area contributed by atoms with Gasteiger partial charge < -0.3 is 37.3 Å². The molecule has 0 aliphatic carbocycles. The summed E-state index contributed by atoms with van der Waals surface area (Å²) in [5.41, 5.74) is 0.515. The first-order valence-corrected chi connectivity index (χ1v) is 61.7. The molecule has 0 spiro atoms. The first-order valence-electron chi connectivity index (χ1n) is 28.8. The summed E-state index contributed by atoms with van der Waals surface area (Å²) >= 11 is 8.18. The molecule has 0 amide bonds. The van der Waals surface area contributed by atoms with Crippen LogP contribution in [0.4, 0.5) is 0 Å². The fraction of sp³-hybridized carbons (Fsp3) is 0.755. The van der Waals surface area contributed by atoms with Crippen LogP contribution in [0.1, 0.15) is 137 Å². The second-order valence-electron chi connectivity index (χ2n) is 22.2. The Labute approximate surface area is 581 Å². The van der Waals surface area contributed by atoms with Gasteiger partial charge in [0.15, 0.2) is 0 Å². The van der Waals surface area contributed by atoms with Crippen molar-refractivity contribution in [3.63, 3.8) is 0 Å². The Balaban J connectivity index is 0.000000543. The monoisotopic (exact) mass is 1910 g/mol. The molecular formula is C49H98I4N4O14P8S4Si2. The lowest BCUT2D eigenvalue weighted by Crippen LogP contribution is -2.37. The number of halogens is 4. The average Bonchev–Trinajstić information content (AvgIpc) is 1.78. The number of hydrogen-bond acceptors (Lipinski definition) is 16. The first kappa shape index (κ1) is 78.5. The van der Waals surface area contributed by atoms with Gasteiger partial charge in [0, 0.05) is 55.0 Å². The van der Waals surface area contributed by atoms with Gasteiger partial charge in [-0.3, -0.25) is 33.5 Å². The topological polar surface area (TPSA) is 223 Å². The second kappa shape index (κ2) is 38.5. The molecule has 36 heteroatoms. The molecule has 5 aliphatic rings. The van der Waals surface area contributed by atoms with Crippen molar-refractivity contribution in [2.45, 2.75) is 237 Å². The van der Waals surface area contributed by atoms with Gasteiger partial charge in [-0.1, -0.05) is 108 Å². The Morgan fingerprint density at radius 1 is 0.694 bits per heavy atom. The lowest BCUT2D eigenvalue weighted by atomic mass is 10.2. The molecule has 0 bridgehead atoms. The quantitative estimate of drug-likeness (QED) is 0.0279. The molecule has 1 N–H and O–H groups in total. The summed E-state index contributed by atoms with van der Waals surface area (Å²) in [6, 6.07) is 0.433. The highest BCUT2D eigenvalue weighted by Crippen LogP contribution is 2.48. The van der Waals surface area contributed by atoms with E-state index in [0.717, 1.165) is 50.5 Å². The number of nitrogens with one attached hydrogen (secondary N) is 1. The SMILES string of the molecule is C.CC[C@@H]1CCC(=O)O1.Cc1cnc(O[Si](C)(C)C)nc1O[Si](C)(C)C.[3H]S(=P)(P)(I)C1C[C@@H](CC)OC1=O.[3H]S(=P)(P)(I)C1C[C@@H](CC)OC1=O.[3H]S(=P)(P)(I)C1C[C@@H](CC)O[C@@H]1OC(C)=O.[3H]S(=P)(P)(I)C1C[C@@H](CC)O[C@H]1n1cc(C)c(=O)[nH]c1=O. The Morgan fingerprint density at radius 3 is 1.49 bits per heavy atom. The van der Waals surface area contributed by atoms with E-state index in [1.807, 2.05) is 84.0 Å². The number of esters is 4. The number of hydrogen-bond donors (Lipinski definition) is 5. The molecule has 8 unspecified atom stereocenters. The number of thiol groups is 4. The molecular weight excluding hydrogens is 1810 g/mol. The van der Waals surface area contributed by atoms with E-state index in [1.54, 1.807) is 13.1 Å². The van der Waals surface area contributed by atoms with Crippen molar-refractivity contribution in [1.82, 2.24) is 19.5 Å². The molecule has 7 heterocycles. The van der Waals surface area contributed by atoms with E-state index in [0.29, 0.717) is 43.1 Å². The zero-order valence-corrected chi connectivity index (χ0v) is 72.8. The van der Waals surface area contributed by atoms with E-state index in [4.69, 9.17) is 41.8 Å². The molecule has 0 radical (unpaired) electrons. The standard InChI is InChI=1S/C11H19IN2O3P2S.C11H22N2O2Si2.C8H17IO3P2S.2C6H13IO2P2S.C6H10O2.CH4/c1-3-7-4-8(20(12,18)19)10(17-7)14-5-6(2)9(15)13-11(14)16;1-9-8-12-11(15-17(5,6)7)13-10(9)14-16(2,3)4;1-3-6-4-7(15(9,13)14)8(12-6)11-5(2)10;2*1-2-4-3-5(6(8)9-4)12(7,10)11;1-2-5-3-4-6(7)8-5;/h5,7-8,10,18,20H,3-4,19H2,1-2H3,(H,13,15,16);8H,1-7H3;6-8,13,15H,3-4,14H2,1-2H3;2*4-5,10,12H,2-3,11H2,1H3;5H,2-4H2,1H3;1H4/t7-,8?,10-;;6-,7?,8+;2*4-,5?;5-;/m1.1111./s1/i20T;;15T;2*12T;;. The first-order chi connectivity index (χ1) is 39.4. The zero-order valence-electron chi connectivity index (χ0n) is 54.3. The third-order valence-corrected chi connectivity index (χ3v) is 34.5. The van der Waals surface area contributed by atoms with Crippen LogP contribution in [0.5, 0.6) is 11.9 Å².